The average molecular weight is 853 g/mol. The molecule has 1 unspecified atom stereocenters. The van der Waals surface area contributed by atoms with E-state index in [1.165, 1.54) is 128 Å². The average Bonchev–Trinajstić information content (AvgIpc) is 3.20. The maximum Gasteiger partial charge on any atom is 0.407 e. The van der Waals surface area contributed by atoms with Crippen LogP contribution in [0.1, 0.15) is 160 Å². The number of halogens is 1. The monoisotopic (exact) mass is 853 g/mol. The summed E-state index contributed by atoms with van der Waals surface area (Å²) in [5.74, 6) is 1.71. The molecule has 0 saturated heterocycles. The van der Waals surface area contributed by atoms with E-state index in [2.05, 4.69) is 18.4 Å². The molecule has 0 aliphatic heterocycles. The van der Waals surface area contributed by atoms with Crippen LogP contribution < -0.4 is 14.2 Å². The Morgan fingerprint density at radius 2 is 1.20 bits per heavy atom. The van der Waals surface area contributed by atoms with Crippen molar-refractivity contribution in [2.24, 2.45) is 0 Å². The largest absolute Gasteiger partial charge is 0.493 e. The van der Waals surface area contributed by atoms with Gasteiger partial charge in [-0.2, -0.15) is 4.20 Å². The molecule has 0 bridgehead atoms. The van der Waals surface area contributed by atoms with Crippen LogP contribution in [0.15, 0.2) is 36.4 Å². The van der Waals surface area contributed by atoms with Gasteiger partial charge in [-0.1, -0.05) is 129 Å². The predicted octanol–water partition coefficient (Wildman–Crippen LogP) is 13.5. The summed E-state index contributed by atoms with van der Waals surface area (Å²) in [7, 11) is -4.28. The third kappa shape index (κ3) is 25.1. The Hall–Kier alpha value is -3.41. The van der Waals surface area contributed by atoms with E-state index in [4.69, 9.17) is 18.9 Å². The second-order valence-electron chi connectivity index (χ2n) is 15.3. The van der Waals surface area contributed by atoms with Crippen LogP contribution in [0, 0.1) is 10.1 Å². The van der Waals surface area contributed by atoms with Gasteiger partial charge in [-0.25, -0.2) is 4.79 Å². The van der Waals surface area contributed by atoms with Gasteiger partial charge in [0.2, 0.25) is 0 Å². The highest BCUT2D eigenvalue weighted by Gasteiger charge is 2.23. The van der Waals surface area contributed by atoms with E-state index in [1.54, 1.807) is 0 Å². The SMILES string of the molecule is CCCCCCCCCCCCOc1cc(COc2ccc([N+](=O)[O-])c(CN(CCOCCP(=O)(F)OCC)C(=O)O)c2)cc(OCCCCCCCCCCCC)c1. The molecule has 59 heavy (non-hydrogen) atoms. The van der Waals surface area contributed by atoms with Crippen molar-refractivity contribution in [2.45, 2.75) is 162 Å². The second-order valence-corrected chi connectivity index (χ2v) is 17.1. The molecule has 0 radical (unpaired) electrons. The number of hydrogen-bond donors (Lipinski definition) is 1. The predicted molar refractivity (Wildman–Crippen MR) is 233 cm³/mol. The lowest BCUT2D eigenvalue weighted by Crippen LogP contribution is -2.32. The Labute approximate surface area is 353 Å². The second kappa shape index (κ2) is 32.4. The fraction of sp³-hybridized carbons (Fsp3) is 0.711. The number of carboxylic acid groups (broad SMARTS) is 1. The number of nitro groups is 1. The molecule has 0 saturated carbocycles. The summed E-state index contributed by atoms with van der Waals surface area (Å²) >= 11 is 0. The molecule has 2 aromatic rings. The highest BCUT2D eigenvalue weighted by atomic mass is 31.2. The Morgan fingerprint density at radius 3 is 1.68 bits per heavy atom. The fourth-order valence-corrected chi connectivity index (χ4v) is 7.58. The smallest absolute Gasteiger partial charge is 0.407 e. The van der Waals surface area contributed by atoms with Crippen molar-refractivity contribution in [2.75, 3.05) is 45.7 Å². The van der Waals surface area contributed by atoms with E-state index in [-0.39, 0.29) is 50.8 Å². The zero-order valence-corrected chi connectivity index (χ0v) is 37.2. The number of nitro benzene ring substituents is 1. The van der Waals surface area contributed by atoms with E-state index in [1.807, 2.05) is 18.2 Å². The van der Waals surface area contributed by atoms with Crippen LogP contribution in [0.3, 0.4) is 0 Å². The molecule has 12 nitrogen and oxygen atoms in total. The number of rotatable bonds is 38. The number of ether oxygens (including phenoxy) is 4. The number of hydrogen-bond acceptors (Lipinski definition) is 9. The Kier molecular flexibility index (Phi) is 28.4. The first-order valence-corrected chi connectivity index (χ1v) is 24.1. The van der Waals surface area contributed by atoms with Crippen molar-refractivity contribution in [3.8, 4) is 17.2 Å². The zero-order valence-electron chi connectivity index (χ0n) is 36.3. The molecule has 0 spiro atoms. The lowest BCUT2D eigenvalue weighted by molar-refractivity contribution is -0.385. The Morgan fingerprint density at radius 1 is 0.695 bits per heavy atom. The van der Waals surface area contributed by atoms with Gasteiger partial charge in [-0.05, 0) is 49.6 Å². The third-order valence-electron chi connectivity index (χ3n) is 10.1. The molecule has 0 aliphatic rings. The molecule has 2 aromatic carbocycles. The minimum Gasteiger partial charge on any atom is -0.493 e. The van der Waals surface area contributed by atoms with E-state index in [9.17, 15) is 28.8 Å². The topological polar surface area (TPSA) is 147 Å². The summed E-state index contributed by atoms with van der Waals surface area (Å²) in [6.07, 6.45) is 23.0. The summed E-state index contributed by atoms with van der Waals surface area (Å²) in [6.45, 7) is 6.44. The molecule has 0 heterocycles. The first-order chi connectivity index (χ1) is 28.6. The van der Waals surface area contributed by atoms with Crippen molar-refractivity contribution in [1.29, 1.82) is 0 Å². The van der Waals surface area contributed by atoms with Crippen molar-refractivity contribution < 1.29 is 47.1 Å². The lowest BCUT2D eigenvalue weighted by Gasteiger charge is -2.20. The summed E-state index contributed by atoms with van der Waals surface area (Å²) in [5, 5.41) is 21.7. The van der Waals surface area contributed by atoms with Gasteiger partial charge < -0.3 is 33.5 Å². The number of unbranched alkanes of at least 4 members (excludes halogenated alkanes) is 18. The standard InChI is InChI=1S/C45H74FN2O10P/c1-4-7-9-11-13-15-17-19-21-23-28-55-42-33-39(34-43(36-42)56-29-24-22-20-18-16-14-12-10-8-5-2)38-57-41-25-26-44(48(51)52)40(35-41)37-47(45(49)50)27-30-54-31-32-59(46,53)58-6-3/h25-26,33-36H,4-24,27-32,37-38H2,1-3H3,(H,49,50). The highest BCUT2D eigenvalue weighted by Crippen LogP contribution is 2.48. The van der Waals surface area contributed by atoms with E-state index < -0.39 is 24.9 Å². The maximum atomic E-state index is 13.8. The molecule has 0 aromatic heterocycles. The number of amides is 1. The summed E-state index contributed by atoms with van der Waals surface area (Å²) in [5.41, 5.74) is 0.674. The van der Waals surface area contributed by atoms with Crippen LogP contribution in [0.2, 0.25) is 0 Å². The summed E-state index contributed by atoms with van der Waals surface area (Å²) in [4.78, 5) is 24.3. The number of benzene rings is 2. The molecule has 14 heteroatoms. The molecule has 336 valence electrons. The minimum absolute atomic E-state index is 0.0443. The molecule has 2 rings (SSSR count). The van der Waals surface area contributed by atoms with Gasteiger partial charge in [0, 0.05) is 18.7 Å². The minimum atomic E-state index is -4.28. The van der Waals surface area contributed by atoms with Crippen molar-refractivity contribution in [1.82, 2.24) is 4.90 Å². The maximum absolute atomic E-state index is 13.8. The third-order valence-corrected chi connectivity index (χ3v) is 11.4. The molecular weight excluding hydrogens is 778 g/mol. The van der Waals surface area contributed by atoms with Crippen LogP contribution in [0.4, 0.5) is 14.7 Å². The molecule has 0 fully saturated rings. The van der Waals surface area contributed by atoms with Gasteiger partial charge in [0.15, 0.2) is 0 Å². The lowest BCUT2D eigenvalue weighted by atomic mass is 10.1. The van der Waals surface area contributed by atoms with E-state index in [0.717, 1.165) is 36.1 Å². The van der Waals surface area contributed by atoms with Crippen molar-refractivity contribution in [3.05, 3.63) is 57.6 Å². The van der Waals surface area contributed by atoms with Crippen molar-refractivity contribution in [3.63, 3.8) is 0 Å². The van der Waals surface area contributed by atoms with Crippen LogP contribution in [0.5, 0.6) is 17.2 Å². The summed E-state index contributed by atoms with van der Waals surface area (Å²) in [6, 6.07) is 9.99. The molecule has 1 amide bonds. The van der Waals surface area contributed by atoms with Gasteiger partial charge in [0.1, 0.15) is 23.9 Å². The molecule has 0 aliphatic carbocycles. The van der Waals surface area contributed by atoms with Crippen molar-refractivity contribution >= 4 is 19.5 Å². The summed E-state index contributed by atoms with van der Waals surface area (Å²) < 4.78 is 53.8. The van der Waals surface area contributed by atoms with E-state index in [0.29, 0.717) is 30.5 Å². The van der Waals surface area contributed by atoms with Crippen LogP contribution in [-0.4, -0.2) is 66.8 Å². The first-order valence-electron chi connectivity index (χ1n) is 22.4. The van der Waals surface area contributed by atoms with Gasteiger partial charge in [0.05, 0.1) is 56.2 Å². The van der Waals surface area contributed by atoms with Crippen LogP contribution >= 0.6 is 7.68 Å². The fourth-order valence-electron chi connectivity index (χ4n) is 6.72. The molecule has 1 N–H and O–H groups in total. The number of carbonyl (C=O) groups is 1. The molecular formula is C45H74FN2O10P. The van der Waals surface area contributed by atoms with Crippen LogP contribution in [-0.2, 0) is 27.0 Å². The quantitative estimate of drug-likeness (QED) is 0.0300. The Bertz CT molecular complexity index is 1440. The normalized spacial score (nSPS) is 12.3. The van der Waals surface area contributed by atoms with Gasteiger partial charge in [-0.15, -0.1) is 0 Å². The zero-order chi connectivity index (χ0) is 43.0. The highest BCUT2D eigenvalue weighted by molar-refractivity contribution is 7.53. The van der Waals surface area contributed by atoms with Gasteiger partial charge in [0.25, 0.3) is 5.69 Å². The first kappa shape index (κ1) is 51.7. The Balaban J connectivity index is 2.02. The number of nitrogens with zero attached hydrogens (tertiary/aromatic N) is 2. The van der Waals surface area contributed by atoms with Gasteiger partial charge in [-0.3, -0.25) is 14.7 Å². The van der Waals surface area contributed by atoms with E-state index >= 15 is 0 Å². The van der Waals surface area contributed by atoms with Crippen LogP contribution in [0.25, 0.3) is 0 Å². The van der Waals surface area contributed by atoms with Gasteiger partial charge >= 0.3 is 13.8 Å². The molecule has 1 atom stereocenters.